The Kier molecular flexibility index (Phi) is 5.64. The molecule has 0 saturated heterocycles. The topological polar surface area (TPSA) is 35.5 Å². The molecule has 110 valence electrons. The third-order valence-corrected chi connectivity index (χ3v) is 3.19. The van der Waals surface area contributed by atoms with Crippen molar-refractivity contribution >= 4 is 17.6 Å². The van der Waals surface area contributed by atoms with Gasteiger partial charge in [0.15, 0.2) is 0 Å². The number of esters is 1. The summed E-state index contributed by atoms with van der Waals surface area (Å²) in [6.07, 6.45) is 0.883. The first kappa shape index (κ1) is 15.4. The van der Waals surface area contributed by atoms with Crippen LogP contribution < -0.4 is 9.47 Å². The molecule has 0 spiro atoms. The molecule has 0 aromatic heterocycles. The van der Waals surface area contributed by atoms with Crippen LogP contribution in [0.15, 0.2) is 48.5 Å². The third-order valence-electron chi connectivity index (χ3n) is 2.88. The standard InChI is InChI=1S/C17H17ClO3/c1-13-8-10-14(11-9-13)20-12-4-7-17(19)21-16-6-3-2-5-15(16)18/h2-3,5-6,8-11H,4,7,12H2,1H3. The van der Waals surface area contributed by atoms with Crippen LogP contribution in [-0.2, 0) is 4.79 Å². The molecule has 21 heavy (non-hydrogen) atoms. The maximum absolute atomic E-state index is 11.7. The number of hydrogen-bond donors (Lipinski definition) is 0. The van der Waals surface area contributed by atoms with Crippen LogP contribution in [0.3, 0.4) is 0 Å². The van der Waals surface area contributed by atoms with Gasteiger partial charge in [-0.25, -0.2) is 0 Å². The highest BCUT2D eigenvalue weighted by Gasteiger charge is 2.07. The fourth-order valence-corrected chi connectivity index (χ4v) is 1.92. The molecule has 2 aromatic carbocycles. The SMILES string of the molecule is Cc1ccc(OCCCC(=O)Oc2ccccc2Cl)cc1. The minimum Gasteiger partial charge on any atom is -0.494 e. The van der Waals surface area contributed by atoms with Gasteiger partial charge in [-0.05, 0) is 37.6 Å². The van der Waals surface area contributed by atoms with E-state index in [9.17, 15) is 4.79 Å². The maximum atomic E-state index is 11.7. The molecular formula is C17H17ClO3. The van der Waals surface area contributed by atoms with Gasteiger partial charge in [0.2, 0.25) is 0 Å². The van der Waals surface area contributed by atoms with Crippen LogP contribution in [0.4, 0.5) is 0 Å². The van der Waals surface area contributed by atoms with Crippen LogP contribution in [-0.4, -0.2) is 12.6 Å². The molecule has 0 atom stereocenters. The summed E-state index contributed by atoms with van der Waals surface area (Å²) in [5.74, 6) is 0.888. The smallest absolute Gasteiger partial charge is 0.311 e. The van der Waals surface area contributed by atoms with E-state index in [0.717, 1.165) is 5.75 Å². The molecule has 0 aliphatic rings. The second-order valence-corrected chi connectivity index (χ2v) is 5.08. The van der Waals surface area contributed by atoms with E-state index in [0.29, 0.717) is 23.8 Å². The van der Waals surface area contributed by atoms with E-state index < -0.39 is 0 Å². The highest BCUT2D eigenvalue weighted by Crippen LogP contribution is 2.23. The van der Waals surface area contributed by atoms with Gasteiger partial charge < -0.3 is 9.47 Å². The van der Waals surface area contributed by atoms with Crippen LogP contribution >= 0.6 is 11.6 Å². The largest absolute Gasteiger partial charge is 0.494 e. The number of carbonyl (C=O) groups excluding carboxylic acids is 1. The average Bonchev–Trinajstić information content (AvgIpc) is 2.48. The van der Waals surface area contributed by atoms with E-state index >= 15 is 0 Å². The highest BCUT2D eigenvalue weighted by atomic mass is 35.5. The van der Waals surface area contributed by atoms with Crippen LogP contribution in [0.2, 0.25) is 5.02 Å². The van der Waals surface area contributed by atoms with Crippen molar-refractivity contribution in [3.05, 3.63) is 59.1 Å². The zero-order chi connectivity index (χ0) is 15.1. The average molecular weight is 305 g/mol. The molecule has 0 heterocycles. The van der Waals surface area contributed by atoms with Gasteiger partial charge in [-0.3, -0.25) is 4.79 Å². The van der Waals surface area contributed by atoms with Crippen molar-refractivity contribution in [2.24, 2.45) is 0 Å². The van der Waals surface area contributed by atoms with E-state index in [1.807, 2.05) is 31.2 Å². The monoisotopic (exact) mass is 304 g/mol. The van der Waals surface area contributed by atoms with Crippen LogP contribution in [0.1, 0.15) is 18.4 Å². The number of hydrogen-bond acceptors (Lipinski definition) is 3. The van der Waals surface area contributed by atoms with Crippen molar-refractivity contribution in [2.45, 2.75) is 19.8 Å². The van der Waals surface area contributed by atoms with Gasteiger partial charge in [0.05, 0.1) is 11.6 Å². The Bertz CT molecular complexity index is 593. The van der Waals surface area contributed by atoms with Gasteiger partial charge in [-0.2, -0.15) is 0 Å². The predicted octanol–water partition coefficient (Wildman–Crippen LogP) is 4.41. The van der Waals surface area contributed by atoms with Crippen molar-refractivity contribution in [1.82, 2.24) is 0 Å². The minimum atomic E-state index is -0.310. The summed E-state index contributed by atoms with van der Waals surface area (Å²) < 4.78 is 10.7. The molecule has 4 heteroatoms. The molecule has 0 saturated carbocycles. The number of benzene rings is 2. The molecule has 0 bridgehead atoms. The molecule has 0 radical (unpaired) electrons. The van der Waals surface area contributed by atoms with E-state index in [-0.39, 0.29) is 12.4 Å². The van der Waals surface area contributed by atoms with Crippen molar-refractivity contribution in [3.63, 3.8) is 0 Å². The lowest BCUT2D eigenvalue weighted by atomic mass is 10.2. The molecule has 0 amide bonds. The van der Waals surface area contributed by atoms with E-state index in [2.05, 4.69) is 0 Å². The number of ether oxygens (including phenoxy) is 2. The lowest BCUT2D eigenvalue weighted by Crippen LogP contribution is -2.10. The number of rotatable bonds is 6. The van der Waals surface area contributed by atoms with Gasteiger partial charge >= 0.3 is 5.97 Å². The molecule has 0 fully saturated rings. The quantitative estimate of drug-likeness (QED) is 0.450. The van der Waals surface area contributed by atoms with Gasteiger partial charge in [0.1, 0.15) is 11.5 Å². The zero-order valence-corrected chi connectivity index (χ0v) is 12.6. The Morgan fingerprint density at radius 1 is 1.10 bits per heavy atom. The molecule has 2 aromatic rings. The number of halogens is 1. The Morgan fingerprint density at radius 2 is 1.81 bits per heavy atom. The van der Waals surface area contributed by atoms with Gasteiger partial charge in [-0.15, -0.1) is 0 Å². The van der Waals surface area contributed by atoms with Crippen molar-refractivity contribution < 1.29 is 14.3 Å². The number of carbonyl (C=O) groups is 1. The van der Waals surface area contributed by atoms with Crippen molar-refractivity contribution in [1.29, 1.82) is 0 Å². The van der Waals surface area contributed by atoms with Crippen molar-refractivity contribution in [3.8, 4) is 11.5 Å². The Hall–Kier alpha value is -2.00. The van der Waals surface area contributed by atoms with E-state index in [1.54, 1.807) is 24.3 Å². The minimum absolute atomic E-state index is 0.289. The lowest BCUT2D eigenvalue weighted by Gasteiger charge is -2.07. The van der Waals surface area contributed by atoms with Gasteiger partial charge in [-0.1, -0.05) is 41.4 Å². The Balaban J connectivity index is 1.70. The summed E-state index contributed by atoms with van der Waals surface area (Å²) in [6.45, 7) is 2.50. The van der Waals surface area contributed by atoms with Crippen LogP contribution in [0.5, 0.6) is 11.5 Å². The Labute approximate surface area is 129 Å². The molecule has 0 aliphatic carbocycles. The first-order chi connectivity index (χ1) is 10.1. The van der Waals surface area contributed by atoms with E-state index in [1.165, 1.54) is 5.56 Å². The molecule has 2 rings (SSSR count). The molecular weight excluding hydrogens is 288 g/mol. The summed E-state index contributed by atoms with van der Waals surface area (Å²) in [6, 6.07) is 14.7. The third kappa shape index (κ3) is 5.12. The molecule has 0 aliphatic heterocycles. The lowest BCUT2D eigenvalue weighted by molar-refractivity contribution is -0.134. The number of aryl methyl sites for hydroxylation is 1. The fourth-order valence-electron chi connectivity index (χ4n) is 1.74. The van der Waals surface area contributed by atoms with Gasteiger partial charge in [0, 0.05) is 6.42 Å². The number of para-hydroxylation sites is 1. The zero-order valence-electron chi connectivity index (χ0n) is 11.8. The summed E-state index contributed by atoms with van der Waals surface area (Å²) in [5, 5.41) is 0.432. The van der Waals surface area contributed by atoms with E-state index in [4.69, 9.17) is 21.1 Å². The van der Waals surface area contributed by atoms with Gasteiger partial charge in [0.25, 0.3) is 0 Å². The van der Waals surface area contributed by atoms with Crippen LogP contribution in [0.25, 0.3) is 0 Å². The summed E-state index contributed by atoms with van der Waals surface area (Å²) in [5.41, 5.74) is 1.19. The highest BCUT2D eigenvalue weighted by molar-refractivity contribution is 6.32. The summed E-state index contributed by atoms with van der Waals surface area (Å²) >= 11 is 5.92. The maximum Gasteiger partial charge on any atom is 0.311 e. The first-order valence-electron chi connectivity index (χ1n) is 6.80. The normalized spacial score (nSPS) is 10.2. The second kappa shape index (κ2) is 7.70. The molecule has 0 unspecified atom stereocenters. The molecule has 0 N–H and O–H groups in total. The second-order valence-electron chi connectivity index (χ2n) is 4.67. The van der Waals surface area contributed by atoms with Crippen LogP contribution in [0, 0.1) is 6.92 Å². The first-order valence-corrected chi connectivity index (χ1v) is 7.17. The Morgan fingerprint density at radius 3 is 2.52 bits per heavy atom. The fraction of sp³-hybridized carbons (Fsp3) is 0.235. The predicted molar refractivity (Wildman–Crippen MR) is 83.0 cm³/mol. The summed E-state index contributed by atoms with van der Waals surface area (Å²) in [7, 11) is 0. The summed E-state index contributed by atoms with van der Waals surface area (Å²) in [4.78, 5) is 11.7. The molecule has 3 nitrogen and oxygen atoms in total. The van der Waals surface area contributed by atoms with Crippen molar-refractivity contribution in [2.75, 3.05) is 6.61 Å².